The van der Waals surface area contributed by atoms with E-state index in [9.17, 15) is 32.7 Å². The van der Waals surface area contributed by atoms with E-state index in [1.54, 1.807) is 24.3 Å². The van der Waals surface area contributed by atoms with Gasteiger partial charge in [0.25, 0.3) is 11.8 Å². The Bertz CT molecular complexity index is 1490. The smallest absolute Gasteiger partial charge is 0.365 e. The molecule has 1 aromatic heterocycles. The number of benzene rings is 1. The molecule has 0 radical (unpaired) electrons. The van der Waals surface area contributed by atoms with Crippen molar-refractivity contribution < 1.29 is 46.5 Å². The van der Waals surface area contributed by atoms with Crippen molar-refractivity contribution in [3.63, 3.8) is 0 Å². The molecule has 17 heteroatoms. The molecule has 1 fully saturated rings. The summed E-state index contributed by atoms with van der Waals surface area (Å²) in [7, 11) is -4.66. The lowest BCUT2D eigenvalue weighted by atomic mass is 9.96. The number of nitrogens with zero attached hydrogens (tertiary/aromatic N) is 3. The lowest BCUT2D eigenvalue weighted by Gasteiger charge is -2.43. The zero-order valence-electron chi connectivity index (χ0n) is 23.4. The zero-order chi connectivity index (χ0) is 31.5. The van der Waals surface area contributed by atoms with Crippen LogP contribution in [0.25, 0.3) is 0 Å². The van der Waals surface area contributed by atoms with E-state index in [4.69, 9.17) is 19.5 Å². The number of oxime groups is 1. The molecule has 1 aliphatic rings. The highest BCUT2D eigenvalue weighted by Gasteiger charge is 2.53. The molecule has 4 N–H and O–H groups in total. The lowest BCUT2D eigenvalue weighted by Crippen LogP contribution is -2.71. The van der Waals surface area contributed by atoms with Crippen LogP contribution in [0, 0.1) is 5.41 Å². The number of aromatic nitrogens is 1. The van der Waals surface area contributed by atoms with E-state index in [-0.39, 0.29) is 17.4 Å². The molecule has 0 unspecified atom stereocenters. The van der Waals surface area contributed by atoms with E-state index in [2.05, 4.69) is 15.5 Å². The fraction of sp³-hybridized carbons (Fsp3) is 0.440. The van der Waals surface area contributed by atoms with Crippen LogP contribution in [0.4, 0.5) is 5.13 Å². The number of thiazole rings is 1. The van der Waals surface area contributed by atoms with E-state index >= 15 is 0 Å². The summed E-state index contributed by atoms with van der Waals surface area (Å²) in [4.78, 5) is 59.3. The number of β-lactam (4-membered cyclic amide) rings is 1. The molecular weight excluding hydrogens is 594 g/mol. The molecule has 1 saturated heterocycles. The number of carbonyl (C=O) groups is 4. The Morgan fingerprint density at radius 3 is 2.38 bits per heavy atom. The van der Waals surface area contributed by atoms with Gasteiger partial charge in [-0.15, -0.1) is 11.3 Å². The van der Waals surface area contributed by atoms with Crippen molar-refractivity contribution in [2.24, 2.45) is 10.6 Å². The maximum absolute atomic E-state index is 13.2. The van der Waals surface area contributed by atoms with E-state index in [0.717, 1.165) is 16.9 Å². The summed E-state index contributed by atoms with van der Waals surface area (Å²) >= 11 is 0.994. The van der Waals surface area contributed by atoms with Crippen molar-refractivity contribution in [1.29, 1.82) is 0 Å². The molecular formula is C25H31N5O10S2. The number of hydrogen-bond donors (Lipinski definition) is 3. The zero-order valence-corrected chi connectivity index (χ0v) is 25.0. The Morgan fingerprint density at radius 2 is 1.83 bits per heavy atom. The number of nitrogens with two attached hydrogens (primary N) is 1. The first-order valence-corrected chi connectivity index (χ1v) is 14.7. The van der Waals surface area contributed by atoms with Crippen molar-refractivity contribution >= 4 is 56.2 Å². The summed E-state index contributed by atoms with van der Waals surface area (Å²) in [6.07, 6.45) is 0. The summed E-state index contributed by atoms with van der Waals surface area (Å²) < 4.78 is 35.6. The number of carbonyl (C=O) groups excluding carboxylic acids is 3. The second kappa shape index (κ2) is 12.4. The van der Waals surface area contributed by atoms with Crippen LogP contribution in [0.1, 0.15) is 45.9 Å². The van der Waals surface area contributed by atoms with Crippen molar-refractivity contribution in [2.45, 2.75) is 58.9 Å². The number of anilines is 1. The predicted octanol–water partition coefficient (Wildman–Crippen LogP) is 1.06. The molecule has 0 spiro atoms. The maximum atomic E-state index is 13.2. The molecule has 2 atom stereocenters. The Kier molecular flexibility index (Phi) is 9.59. The molecule has 2 heterocycles. The number of esters is 1. The first-order valence-electron chi connectivity index (χ1n) is 12.4. The van der Waals surface area contributed by atoms with Gasteiger partial charge in [0.15, 0.2) is 10.8 Å². The Balaban J connectivity index is 1.71. The highest BCUT2D eigenvalue weighted by Crippen LogP contribution is 2.27. The molecule has 1 aliphatic heterocycles. The Labute approximate surface area is 245 Å². The third-order valence-electron chi connectivity index (χ3n) is 6.06. The second-order valence-electron chi connectivity index (χ2n) is 10.4. The number of nitrogen functional groups attached to an aromatic ring is 1. The molecule has 3 rings (SSSR count). The second-order valence-corrected chi connectivity index (χ2v) is 12.8. The number of rotatable bonds is 13. The summed E-state index contributed by atoms with van der Waals surface area (Å²) in [5, 5.41) is 16.9. The number of carboxylic acids is 1. The maximum Gasteiger partial charge on any atom is 0.365 e. The molecule has 42 heavy (non-hydrogen) atoms. The van der Waals surface area contributed by atoms with Gasteiger partial charge in [0.2, 0.25) is 5.60 Å². The largest absolute Gasteiger partial charge is 0.481 e. The third kappa shape index (κ3) is 7.40. The average molecular weight is 626 g/mol. The van der Waals surface area contributed by atoms with Gasteiger partial charge in [-0.1, -0.05) is 35.5 Å². The number of hydrogen-bond acceptors (Lipinski definition) is 13. The Morgan fingerprint density at radius 1 is 1.19 bits per heavy atom. The van der Waals surface area contributed by atoms with Crippen LogP contribution in [0.15, 0.2) is 40.9 Å². The molecule has 0 saturated carbocycles. The number of aliphatic carboxylic acids is 1. The topological polar surface area (TPSA) is 217 Å². The van der Waals surface area contributed by atoms with Crippen molar-refractivity contribution in [1.82, 2.24) is 14.6 Å². The number of ether oxygens (including phenoxy) is 1. The van der Waals surface area contributed by atoms with Crippen LogP contribution in [0.2, 0.25) is 0 Å². The minimum atomic E-state index is -4.66. The van der Waals surface area contributed by atoms with Crippen LogP contribution in [0.3, 0.4) is 0 Å². The monoisotopic (exact) mass is 625 g/mol. The van der Waals surface area contributed by atoms with E-state index in [1.807, 2.05) is 6.07 Å². The first kappa shape index (κ1) is 32.4. The van der Waals surface area contributed by atoms with Gasteiger partial charge in [-0.05, 0) is 40.2 Å². The van der Waals surface area contributed by atoms with E-state index in [1.165, 1.54) is 40.0 Å². The van der Waals surface area contributed by atoms with Gasteiger partial charge in [-0.3, -0.25) is 18.6 Å². The molecule has 2 aromatic rings. The fourth-order valence-electron chi connectivity index (χ4n) is 3.34. The summed E-state index contributed by atoms with van der Waals surface area (Å²) in [6, 6.07) is 6.53. The average Bonchev–Trinajstić information content (AvgIpc) is 3.35. The molecule has 0 aliphatic carbocycles. The van der Waals surface area contributed by atoms with Gasteiger partial charge >= 0.3 is 22.2 Å². The minimum Gasteiger partial charge on any atom is -0.481 e. The van der Waals surface area contributed by atoms with E-state index in [0.29, 0.717) is 4.31 Å². The van der Waals surface area contributed by atoms with Gasteiger partial charge in [-0.2, -0.15) is 8.42 Å². The van der Waals surface area contributed by atoms with Gasteiger partial charge in [0.1, 0.15) is 18.3 Å². The van der Waals surface area contributed by atoms with Crippen LogP contribution in [0.5, 0.6) is 0 Å². The van der Waals surface area contributed by atoms with Gasteiger partial charge in [-0.25, -0.2) is 14.1 Å². The van der Waals surface area contributed by atoms with Crippen molar-refractivity contribution in [3.8, 4) is 0 Å². The standard InChI is InChI=1S/C25H31N5O10S2/c1-14-17(20(32)30(14)42(36,37)39-13-24(2,3)21(33)34)28-19(31)18(16-12-41-23(26)27-16)29-40-25(4,5)22(35)38-11-15-9-7-6-8-10-15/h6-10,12,14,17H,11,13H2,1-5H3,(H2,26,27)(H,28,31)(H,33,34)/b29-18-/t14-,17-/m0/s1. The predicted molar refractivity (Wildman–Crippen MR) is 149 cm³/mol. The molecule has 15 nitrogen and oxygen atoms in total. The summed E-state index contributed by atoms with van der Waals surface area (Å²) in [5.41, 5.74) is 2.79. The van der Waals surface area contributed by atoms with Crippen LogP contribution >= 0.6 is 11.3 Å². The number of carboxylic acid groups (broad SMARTS) is 1. The third-order valence-corrected chi connectivity index (χ3v) is 8.14. The lowest BCUT2D eigenvalue weighted by molar-refractivity contribution is -0.169. The first-order chi connectivity index (χ1) is 19.5. The van der Waals surface area contributed by atoms with Gasteiger partial charge < -0.3 is 25.7 Å². The summed E-state index contributed by atoms with van der Waals surface area (Å²) in [5.74, 6) is -4.06. The van der Waals surface area contributed by atoms with E-state index < -0.39 is 69.5 Å². The molecule has 2 amide bonds. The van der Waals surface area contributed by atoms with Crippen molar-refractivity contribution in [2.75, 3.05) is 12.3 Å². The van der Waals surface area contributed by atoms with Crippen LogP contribution < -0.4 is 11.1 Å². The normalized spacial score (nSPS) is 17.8. The number of nitrogens with one attached hydrogen (secondary N) is 1. The highest BCUT2D eigenvalue weighted by atomic mass is 32.2. The van der Waals surface area contributed by atoms with Crippen LogP contribution in [-0.4, -0.2) is 76.6 Å². The highest BCUT2D eigenvalue weighted by molar-refractivity contribution is 7.85. The molecule has 228 valence electrons. The van der Waals surface area contributed by atoms with Crippen LogP contribution in [-0.2, 0) is 49.8 Å². The molecule has 0 bridgehead atoms. The van der Waals surface area contributed by atoms with Crippen molar-refractivity contribution in [3.05, 3.63) is 47.0 Å². The van der Waals surface area contributed by atoms with Gasteiger partial charge in [0.05, 0.1) is 18.1 Å². The Hall–Kier alpha value is -4.09. The number of amides is 2. The SMILES string of the molecule is C[C@H]1[C@H](NC(=O)/C(=N\OC(C)(C)C(=O)OCc2ccccc2)c2csc(N)n2)C(=O)N1S(=O)(=O)OCC(C)(C)C(=O)O. The van der Waals surface area contributed by atoms with Gasteiger partial charge in [0, 0.05) is 5.38 Å². The quantitative estimate of drug-likeness (QED) is 0.123. The fourth-order valence-corrected chi connectivity index (χ4v) is 5.31. The molecule has 1 aromatic carbocycles. The minimum absolute atomic E-state index is 0.0217. The summed E-state index contributed by atoms with van der Waals surface area (Å²) in [6.45, 7) is 5.87.